The molecule has 0 saturated heterocycles. The van der Waals surface area contributed by atoms with Crippen LogP contribution in [-0.4, -0.2) is 39.9 Å². The van der Waals surface area contributed by atoms with Crippen molar-refractivity contribution in [2.24, 2.45) is 11.7 Å². The summed E-state index contributed by atoms with van der Waals surface area (Å²) in [5.41, 5.74) is 6.26. The number of hydrogen-bond donors (Lipinski definition) is 2. The Bertz CT molecular complexity index is 1440. The van der Waals surface area contributed by atoms with Gasteiger partial charge in [-0.3, -0.25) is 9.59 Å². The van der Waals surface area contributed by atoms with Crippen LogP contribution in [0.15, 0.2) is 96.4 Å². The van der Waals surface area contributed by atoms with Gasteiger partial charge in [0.1, 0.15) is 18.3 Å². The third-order valence-corrected chi connectivity index (χ3v) is 7.09. The van der Waals surface area contributed by atoms with Crippen LogP contribution >= 0.6 is 0 Å². The zero-order valence-corrected chi connectivity index (χ0v) is 21.0. The molecule has 0 aromatic heterocycles. The summed E-state index contributed by atoms with van der Waals surface area (Å²) in [6.45, 7) is 0.205. The summed E-state index contributed by atoms with van der Waals surface area (Å²) in [5.74, 6) is -3.54. The van der Waals surface area contributed by atoms with E-state index in [-0.39, 0.29) is 18.2 Å². The summed E-state index contributed by atoms with van der Waals surface area (Å²) in [5, 5.41) is 9.31. The first-order valence-corrected chi connectivity index (χ1v) is 12.6. The van der Waals surface area contributed by atoms with Crippen molar-refractivity contribution < 1.29 is 33.4 Å². The number of amides is 2. The van der Waals surface area contributed by atoms with Crippen molar-refractivity contribution in [3.63, 3.8) is 0 Å². The van der Waals surface area contributed by atoms with E-state index in [1.165, 1.54) is 17.0 Å². The first-order chi connectivity index (χ1) is 18.8. The Hall–Kier alpha value is -4.66. The number of ether oxygens (including phenoxy) is 2. The molecule has 3 N–H and O–H groups in total. The van der Waals surface area contributed by atoms with Crippen LogP contribution in [0.25, 0.3) is 11.1 Å². The van der Waals surface area contributed by atoms with E-state index in [1.54, 1.807) is 48.6 Å². The third kappa shape index (κ3) is 4.95. The van der Waals surface area contributed by atoms with Crippen molar-refractivity contribution in [3.8, 4) is 11.1 Å². The topological polar surface area (TPSA) is 119 Å². The second kappa shape index (κ2) is 10.6. The number of benzene rings is 2. The number of carboxylic acid groups (broad SMARTS) is 1. The van der Waals surface area contributed by atoms with E-state index in [1.807, 2.05) is 6.08 Å². The predicted molar refractivity (Wildman–Crippen MR) is 140 cm³/mol. The number of nitrogens with two attached hydrogens (primary N) is 1. The quantitative estimate of drug-likeness (QED) is 0.487. The van der Waals surface area contributed by atoms with Gasteiger partial charge in [-0.15, -0.1) is 0 Å². The average Bonchev–Trinajstić information content (AvgIpc) is 3.78. The van der Waals surface area contributed by atoms with E-state index >= 15 is 0 Å². The van der Waals surface area contributed by atoms with Gasteiger partial charge in [-0.2, -0.15) is 0 Å². The van der Waals surface area contributed by atoms with Crippen LogP contribution in [0.4, 0.5) is 4.39 Å². The maximum absolute atomic E-state index is 14.5. The molecule has 3 aliphatic rings. The van der Waals surface area contributed by atoms with E-state index in [0.717, 1.165) is 25.4 Å². The number of carboxylic acids is 1. The summed E-state index contributed by atoms with van der Waals surface area (Å²) >= 11 is 0. The Morgan fingerprint density at radius 3 is 2.38 bits per heavy atom. The lowest BCUT2D eigenvalue weighted by Crippen LogP contribution is -2.63. The van der Waals surface area contributed by atoms with Crippen molar-refractivity contribution in [3.05, 3.63) is 108 Å². The minimum absolute atomic E-state index is 0.102. The lowest BCUT2D eigenvalue weighted by atomic mass is 9.79. The van der Waals surface area contributed by atoms with Crippen molar-refractivity contribution in [1.82, 2.24) is 4.90 Å². The molecule has 0 spiro atoms. The molecular weight excluding hydrogens is 503 g/mol. The predicted octanol–water partition coefficient (Wildman–Crippen LogP) is 4.66. The van der Waals surface area contributed by atoms with E-state index in [2.05, 4.69) is 0 Å². The monoisotopic (exact) mass is 530 g/mol. The van der Waals surface area contributed by atoms with E-state index < -0.39 is 34.9 Å². The number of nitrogens with zero attached hydrogens (tertiary/aromatic N) is 1. The Morgan fingerprint density at radius 2 is 1.79 bits per heavy atom. The van der Waals surface area contributed by atoms with Gasteiger partial charge < -0.3 is 25.2 Å². The number of carbonyl (C=O) groups is 3. The molecule has 0 bridgehead atoms. The van der Waals surface area contributed by atoms with Gasteiger partial charge in [0.25, 0.3) is 11.8 Å². The summed E-state index contributed by atoms with van der Waals surface area (Å²) in [6.07, 6.45) is 10.1. The first-order valence-electron chi connectivity index (χ1n) is 12.6. The Kier molecular flexibility index (Phi) is 7.06. The summed E-state index contributed by atoms with van der Waals surface area (Å²) in [4.78, 5) is 41.0. The number of halogens is 1. The Balaban J connectivity index is 1.68. The van der Waals surface area contributed by atoms with Crippen molar-refractivity contribution in [2.75, 3.05) is 6.54 Å². The molecule has 2 aromatic rings. The van der Waals surface area contributed by atoms with Gasteiger partial charge in [0.15, 0.2) is 5.76 Å². The molecule has 1 saturated carbocycles. The third-order valence-electron chi connectivity index (χ3n) is 7.09. The molecule has 9 heteroatoms. The smallest absolute Gasteiger partial charge is 0.375 e. The van der Waals surface area contributed by atoms with Gasteiger partial charge in [-0.25, -0.2) is 9.18 Å². The molecule has 1 aliphatic heterocycles. The van der Waals surface area contributed by atoms with Gasteiger partial charge in [0, 0.05) is 12.1 Å². The molecule has 8 nitrogen and oxygen atoms in total. The molecule has 5 rings (SSSR count). The van der Waals surface area contributed by atoms with Gasteiger partial charge in [-0.05, 0) is 66.5 Å². The molecule has 2 amide bonds. The maximum Gasteiger partial charge on any atom is 0.375 e. The van der Waals surface area contributed by atoms with Crippen LogP contribution in [0.5, 0.6) is 0 Å². The Labute approximate surface area is 224 Å². The highest BCUT2D eigenvalue weighted by molar-refractivity contribution is 6.06. The highest BCUT2D eigenvalue weighted by Crippen LogP contribution is 2.43. The minimum atomic E-state index is -1.89. The van der Waals surface area contributed by atoms with E-state index in [4.69, 9.17) is 15.2 Å². The number of carbonyl (C=O) groups excluding carboxylic acids is 2. The average molecular weight is 531 g/mol. The number of allylic oxidation sites excluding steroid dienone is 3. The zero-order chi connectivity index (χ0) is 27.6. The van der Waals surface area contributed by atoms with Gasteiger partial charge in [0.2, 0.25) is 11.3 Å². The van der Waals surface area contributed by atoms with Crippen LogP contribution < -0.4 is 5.73 Å². The summed E-state index contributed by atoms with van der Waals surface area (Å²) in [6, 6.07) is 12.7. The van der Waals surface area contributed by atoms with Crippen molar-refractivity contribution >= 4 is 17.8 Å². The van der Waals surface area contributed by atoms with Crippen LogP contribution in [-0.2, 0) is 19.1 Å². The molecular formula is C30H27FN2O6. The van der Waals surface area contributed by atoms with Gasteiger partial charge in [-0.1, -0.05) is 48.6 Å². The fourth-order valence-corrected chi connectivity index (χ4v) is 4.97. The number of primary amides is 1. The van der Waals surface area contributed by atoms with Gasteiger partial charge >= 0.3 is 5.97 Å². The fraction of sp³-hybridized carbons (Fsp3) is 0.233. The van der Waals surface area contributed by atoms with Crippen molar-refractivity contribution in [1.29, 1.82) is 0 Å². The number of aliphatic carboxylic acids is 1. The van der Waals surface area contributed by atoms with Crippen molar-refractivity contribution in [2.45, 2.75) is 31.2 Å². The van der Waals surface area contributed by atoms with Gasteiger partial charge in [0.05, 0.1) is 0 Å². The maximum atomic E-state index is 14.5. The summed E-state index contributed by atoms with van der Waals surface area (Å²) in [7, 11) is 0. The molecule has 1 fully saturated rings. The SMILES string of the molecule is NC(=O)C(C1=CC=CCC1)(C1=COC(C(=O)O)=CO1)N(CC1CC1)C(=O)c1ccccc1-c1ccc(F)cc1. The normalized spacial score (nSPS) is 17.9. The molecule has 1 atom stereocenters. The zero-order valence-electron chi connectivity index (χ0n) is 21.0. The second-order valence-electron chi connectivity index (χ2n) is 9.65. The molecule has 2 aliphatic carbocycles. The molecule has 2 aromatic carbocycles. The molecule has 0 radical (unpaired) electrons. The highest BCUT2D eigenvalue weighted by atomic mass is 19.1. The minimum Gasteiger partial charge on any atom is -0.475 e. The lowest BCUT2D eigenvalue weighted by Gasteiger charge is -2.44. The van der Waals surface area contributed by atoms with Crippen LogP contribution in [0.3, 0.4) is 0 Å². The number of hydrogen-bond acceptors (Lipinski definition) is 5. The Morgan fingerprint density at radius 1 is 1.05 bits per heavy atom. The lowest BCUT2D eigenvalue weighted by molar-refractivity contribution is -0.136. The summed E-state index contributed by atoms with van der Waals surface area (Å²) < 4.78 is 24.7. The molecule has 1 unspecified atom stereocenters. The largest absolute Gasteiger partial charge is 0.475 e. The molecule has 200 valence electrons. The van der Waals surface area contributed by atoms with E-state index in [9.17, 15) is 23.9 Å². The molecule has 39 heavy (non-hydrogen) atoms. The van der Waals surface area contributed by atoms with Crippen LogP contribution in [0.1, 0.15) is 36.0 Å². The first kappa shape index (κ1) is 26.0. The highest BCUT2D eigenvalue weighted by Gasteiger charge is 2.55. The fourth-order valence-electron chi connectivity index (χ4n) is 4.97. The molecule has 1 heterocycles. The number of rotatable bonds is 9. The van der Waals surface area contributed by atoms with E-state index in [0.29, 0.717) is 35.1 Å². The second-order valence-corrected chi connectivity index (χ2v) is 9.65. The standard InChI is InChI=1S/C30H27FN2O6/c31-22-14-12-20(13-15-22)23-8-4-5-9-24(23)27(34)33(16-19-10-11-19)30(29(32)37,21-6-2-1-3-7-21)26-18-38-25(17-39-26)28(35)36/h1-2,4-6,8-9,12-15,17-19H,3,7,10-11,16H2,(H2,32,37)(H,35,36). The van der Waals surface area contributed by atoms with Crippen LogP contribution in [0.2, 0.25) is 0 Å². The van der Waals surface area contributed by atoms with Crippen LogP contribution in [0, 0.1) is 11.7 Å².